The Morgan fingerprint density at radius 1 is 1.69 bits per heavy atom. The van der Waals surface area contributed by atoms with E-state index in [4.69, 9.17) is 5.26 Å². The third-order valence-electron chi connectivity index (χ3n) is 2.72. The molecule has 1 unspecified atom stereocenters. The summed E-state index contributed by atoms with van der Waals surface area (Å²) in [5, 5.41) is 8.41. The van der Waals surface area contributed by atoms with E-state index in [0.29, 0.717) is 31.8 Å². The summed E-state index contributed by atoms with van der Waals surface area (Å²) in [5.41, 5.74) is 0. The van der Waals surface area contributed by atoms with Gasteiger partial charge in [-0.15, -0.1) is 0 Å². The summed E-state index contributed by atoms with van der Waals surface area (Å²) in [7, 11) is 1.66. The van der Waals surface area contributed by atoms with Gasteiger partial charge in [0.25, 0.3) is 0 Å². The fourth-order valence-electron chi connectivity index (χ4n) is 1.75. The largest absolute Gasteiger partial charge is 0.343 e. The Morgan fingerprint density at radius 2 is 2.38 bits per heavy atom. The number of nitrogens with zero attached hydrogens (tertiary/aromatic N) is 3. The van der Waals surface area contributed by atoms with Crippen LogP contribution in [0.15, 0.2) is 0 Å². The van der Waals surface area contributed by atoms with Crippen LogP contribution in [-0.4, -0.2) is 48.3 Å². The minimum Gasteiger partial charge on any atom is -0.343 e. The van der Waals surface area contributed by atoms with Crippen LogP contribution >= 0.6 is 0 Å². The van der Waals surface area contributed by atoms with Crippen molar-refractivity contribution in [2.24, 2.45) is 5.92 Å². The molecule has 1 heterocycles. The lowest BCUT2D eigenvalue weighted by molar-refractivity contribution is -0.137. The van der Waals surface area contributed by atoms with Gasteiger partial charge in [-0.1, -0.05) is 6.92 Å². The number of carbonyl (C=O) groups excluding carboxylic acids is 2. The molecule has 16 heavy (non-hydrogen) atoms. The van der Waals surface area contributed by atoms with Crippen LogP contribution in [0.5, 0.6) is 0 Å². The number of hydrogen-bond acceptors (Lipinski definition) is 3. The fraction of sp³-hybridized carbons (Fsp3) is 0.727. The second-order valence-corrected chi connectivity index (χ2v) is 4.31. The van der Waals surface area contributed by atoms with E-state index < -0.39 is 0 Å². The molecule has 0 aromatic rings. The molecule has 0 spiro atoms. The molecule has 0 bridgehead atoms. The van der Waals surface area contributed by atoms with Crippen molar-refractivity contribution >= 4 is 11.8 Å². The molecule has 5 nitrogen and oxygen atoms in total. The lowest BCUT2D eigenvalue weighted by Gasteiger charge is -2.20. The first kappa shape index (κ1) is 12.5. The Labute approximate surface area is 95.6 Å². The number of hydrogen-bond donors (Lipinski definition) is 0. The molecule has 1 fully saturated rings. The van der Waals surface area contributed by atoms with Gasteiger partial charge in [-0.2, -0.15) is 5.26 Å². The van der Waals surface area contributed by atoms with Crippen molar-refractivity contribution in [3.8, 4) is 6.07 Å². The van der Waals surface area contributed by atoms with E-state index in [1.807, 2.05) is 13.0 Å². The number of carbonyl (C=O) groups is 2. The van der Waals surface area contributed by atoms with Gasteiger partial charge in [-0.05, 0) is 5.92 Å². The molecule has 5 heteroatoms. The van der Waals surface area contributed by atoms with Gasteiger partial charge in [0.15, 0.2) is 0 Å². The normalized spacial score (nSPS) is 19.7. The van der Waals surface area contributed by atoms with Crippen LogP contribution in [0.4, 0.5) is 0 Å². The maximum Gasteiger partial charge on any atom is 0.241 e. The number of amides is 2. The predicted molar refractivity (Wildman–Crippen MR) is 58.2 cm³/mol. The summed E-state index contributed by atoms with van der Waals surface area (Å²) >= 11 is 0. The van der Waals surface area contributed by atoms with Crippen LogP contribution in [0.1, 0.15) is 19.8 Å². The lowest BCUT2D eigenvalue weighted by Crippen LogP contribution is -2.39. The molecular weight excluding hydrogens is 206 g/mol. The molecule has 1 rings (SSSR count). The first-order chi connectivity index (χ1) is 7.54. The van der Waals surface area contributed by atoms with Crippen molar-refractivity contribution in [1.82, 2.24) is 9.80 Å². The highest BCUT2D eigenvalue weighted by Gasteiger charge is 2.28. The Kier molecular flexibility index (Phi) is 4.29. The number of rotatable bonds is 4. The third-order valence-corrected chi connectivity index (χ3v) is 2.72. The zero-order valence-electron chi connectivity index (χ0n) is 9.77. The van der Waals surface area contributed by atoms with Crippen molar-refractivity contribution in [3.05, 3.63) is 0 Å². The lowest BCUT2D eigenvalue weighted by atomic mass is 10.2. The highest BCUT2D eigenvalue weighted by Crippen LogP contribution is 2.16. The molecule has 1 saturated heterocycles. The SMILES string of the molecule is CC1CC(=O)N(CC(=O)N(C)CCC#N)C1. The number of likely N-dealkylation sites (tertiary alicyclic amines) is 1. The molecule has 88 valence electrons. The van der Waals surface area contributed by atoms with Gasteiger partial charge in [0.2, 0.25) is 11.8 Å². The summed E-state index contributed by atoms with van der Waals surface area (Å²) in [6.07, 6.45) is 0.863. The minimum absolute atomic E-state index is 0.0505. The summed E-state index contributed by atoms with van der Waals surface area (Å²) in [6.45, 7) is 3.23. The topological polar surface area (TPSA) is 64.4 Å². The van der Waals surface area contributed by atoms with E-state index in [1.54, 1.807) is 11.9 Å². The second kappa shape index (κ2) is 5.50. The average molecular weight is 223 g/mol. The number of nitriles is 1. The standard InChI is InChI=1S/C11H17N3O2/c1-9-6-10(15)14(7-9)8-11(16)13(2)5-3-4-12/h9H,3,5-8H2,1-2H3. The minimum atomic E-state index is -0.0994. The van der Waals surface area contributed by atoms with Crippen LogP contribution in [0.2, 0.25) is 0 Å². The van der Waals surface area contributed by atoms with Crippen molar-refractivity contribution < 1.29 is 9.59 Å². The van der Waals surface area contributed by atoms with Crippen LogP contribution in [-0.2, 0) is 9.59 Å². The summed E-state index contributed by atoms with van der Waals surface area (Å²) in [5.74, 6) is 0.289. The van der Waals surface area contributed by atoms with E-state index in [1.165, 1.54) is 4.90 Å². The molecular formula is C11H17N3O2. The van der Waals surface area contributed by atoms with Gasteiger partial charge in [-0.3, -0.25) is 9.59 Å². The molecule has 2 amide bonds. The van der Waals surface area contributed by atoms with E-state index in [2.05, 4.69) is 0 Å². The van der Waals surface area contributed by atoms with E-state index in [-0.39, 0.29) is 18.4 Å². The summed E-state index contributed by atoms with van der Waals surface area (Å²) < 4.78 is 0. The third kappa shape index (κ3) is 3.23. The molecule has 1 atom stereocenters. The Bertz CT molecular complexity index is 322. The summed E-state index contributed by atoms with van der Waals surface area (Å²) in [4.78, 5) is 26.2. The molecule has 0 radical (unpaired) electrons. The van der Waals surface area contributed by atoms with Gasteiger partial charge in [0.05, 0.1) is 19.0 Å². The van der Waals surface area contributed by atoms with Gasteiger partial charge in [0, 0.05) is 26.6 Å². The maximum absolute atomic E-state index is 11.7. The first-order valence-corrected chi connectivity index (χ1v) is 5.43. The highest BCUT2D eigenvalue weighted by molar-refractivity contribution is 5.86. The monoisotopic (exact) mass is 223 g/mol. The summed E-state index contributed by atoms with van der Waals surface area (Å²) in [6, 6.07) is 1.99. The van der Waals surface area contributed by atoms with Crippen molar-refractivity contribution in [2.45, 2.75) is 19.8 Å². The zero-order valence-corrected chi connectivity index (χ0v) is 9.77. The van der Waals surface area contributed by atoms with E-state index >= 15 is 0 Å². The molecule has 0 aromatic heterocycles. The molecule has 0 aromatic carbocycles. The number of likely N-dealkylation sites (N-methyl/N-ethyl adjacent to an activating group) is 1. The highest BCUT2D eigenvalue weighted by atomic mass is 16.2. The van der Waals surface area contributed by atoms with Gasteiger partial charge >= 0.3 is 0 Å². The zero-order chi connectivity index (χ0) is 12.1. The molecule has 0 N–H and O–H groups in total. The molecule has 0 aliphatic carbocycles. The second-order valence-electron chi connectivity index (χ2n) is 4.31. The van der Waals surface area contributed by atoms with Gasteiger partial charge in [0.1, 0.15) is 0 Å². The Morgan fingerprint density at radius 3 is 2.88 bits per heavy atom. The van der Waals surface area contributed by atoms with Crippen LogP contribution in [0.3, 0.4) is 0 Å². The van der Waals surface area contributed by atoms with Crippen molar-refractivity contribution in [3.63, 3.8) is 0 Å². The molecule has 1 aliphatic rings. The van der Waals surface area contributed by atoms with E-state index in [9.17, 15) is 9.59 Å². The molecule has 1 aliphatic heterocycles. The Hall–Kier alpha value is -1.57. The fourth-order valence-corrected chi connectivity index (χ4v) is 1.75. The Balaban J connectivity index is 2.39. The van der Waals surface area contributed by atoms with Crippen LogP contribution in [0.25, 0.3) is 0 Å². The van der Waals surface area contributed by atoms with E-state index in [0.717, 1.165) is 0 Å². The quantitative estimate of drug-likeness (QED) is 0.685. The van der Waals surface area contributed by atoms with Gasteiger partial charge in [-0.25, -0.2) is 0 Å². The first-order valence-electron chi connectivity index (χ1n) is 5.43. The molecule has 0 saturated carbocycles. The average Bonchev–Trinajstić information content (AvgIpc) is 2.53. The predicted octanol–water partition coefficient (Wildman–Crippen LogP) is 0.227. The van der Waals surface area contributed by atoms with Crippen LogP contribution in [0, 0.1) is 17.2 Å². The smallest absolute Gasteiger partial charge is 0.241 e. The van der Waals surface area contributed by atoms with Crippen LogP contribution < -0.4 is 0 Å². The maximum atomic E-state index is 11.7. The van der Waals surface area contributed by atoms with Gasteiger partial charge < -0.3 is 9.80 Å². The van der Waals surface area contributed by atoms with Crippen molar-refractivity contribution in [1.29, 1.82) is 5.26 Å². The van der Waals surface area contributed by atoms with Crippen molar-refractivity contribution in [2.75, 3.05) is 26.7 Å².